The molecule has 2 aromatic carbocycles. The van der Waals surface area contributed by atoms with E-state index in [1.165, 1.54) is 11.1 Å². The first-order valence-electron chi connectivity index (χ1n) is 9.79. The van der Waals surface area contributed by atoms with Gasteiger partial charge in [-0.1, -0.05) is 56.3 Å². The van der Waals surface area contributed by atoms with Crippen molar-refractivity contribution in [3.05, 3.63) is 70.8 Å². The summed E-state index contributed by atoms with van der Waals surface area (Å²) in [7, 11) is 0. The molecule has 2 amide bonds. The molecule has 0 saturated carbocycles. The highest BCUT2D eigenvalue weighted by atomic mass is 16.2. The van der Waals surface area contributed by atoms with Crippen molar-refractivity contribution < 1.29 is 9.59 Å². The summed E-state index contributed by atoms with van der Waals surface area (Å²) in [5.74, 6) is 0.279. The summed E-state index contributed by atoms with van der Waals surface area (Å²) in [6.07, 6.45) is 2.40. The fraction of sp³-hybridized carbons (Fsp3) is 0.391. The van der Waals surface area contributed by atoms with E-state index in [1.54, 1.807) is 4.90 Å². The smallest absolute Gasteiger partial charge is 0.255 e. The molecule has 1 unspecified atom stereocenters. The van der Waals surface area contributed by atoms with Crippen molar-refractivity contribution in [1.82, 2.24) is 10.2 Å². The second-order valence-electron chi connectivity index (χ2n) is 8.12. The highest BCUT2D eigenvalue weighted by Gasteiger charge is 2.37. The summed E-state index contributed by atoms with van der Waals surface area (Å²) in [6, 6.07) is 15.7. The first kappa shape index (κ1) is 17.8. The second kappa shape index (κ2) is 7.18. The molecule has 0 radical (unpaired) electrons. The van der Waals surface area contributed by atoms with Gasteiger partial charge in [0.2, 0.25) is 5.91 Å². The van der Waals surface area contributed by atoms with Gasteiger partial charge in [-0.05, 0) is 47.9 Å². The Kier molecular flexibility index (Phi) is 4.73. The molecule has 0 fully saturated rings. The van der Waals surface area contributed by atoms with Crippen LogP contribution in [0, 0.1) is 5.92 Å². The maximum atomic E-state index is 13.2. The molecule has 2 aromatic rings. The van der Waals surface area contributed by atoms with Gasteiger partial charge in [0.25, 0.3) is 5.91 Å². The molecule has 1 aliphatic heterocycles. The van der Waals surface area contributed by atoms with Crippen LogP contribution in [-0.4, -0.2) is 28.8 Å². The van der Waals surface area contributed by atoms with Crippen molar-refractivity contribution in [1.29, 1.82) is 0 Å². The van der Waals surface area contributed by atoms with Crippen LogP contribution in [0.2, 0.25) is 0 Å². The van der Waals surface area contributed by atoms with Gasteiger partial charge in [-0.3, -0.25) is 9.59 Å². The molecule has 1 aliphatic carbocycles. The number of amides is 2. The van der Waals surface area contributed by atoms with E-state index in [1.807, 2.05) is 36.4 Å². The minimum atomic E-state index is -0.423. The number of fused-ring (bicyclic) bond motifs is 2. The molecule has 1 heterocycles. The zero-order chi connectivity index (χ0) is 19.0. The van der Waals surface area contributed by atoms with Crippen molar-refractivity contribution in [2.24, 2.45) is 5.92 Å². The molecule has 4 heteroatoms. The van der Waals surface area contributed by atoms with Gasteiger partial charge in [0.1, 0.15) is 6.04 Å². The van der Waals surface area contributed by atoms with Crippen LogP contribution in [0.15, 0.2) is 48.5 Å². The van der Waals surface area contributed by atoms with Gasteiger partial charge < -0.3 is 10.2 Å². The third-order valence-corrected chi connectivity index (χ3v) is 5.62. The monoisotopic (exact) mass is 362 g/mol. The van der Waals surface area contributed by atoms with E-state index in [-0.39, 0.29) is 17.9 Å². The van der Waals surface area contributed by atoms with Gasteiger partial charge in [0.05, 0.1) is 0 Å². The van der Waals surface area contributed by atoms with Gasteiger partial charge in [-0.15, -0.1) is 0 Å². The molecule has 1 atom stereocenters. The summed E-state index contributed by atoms with van der Waals surface area (Å²) in [4.78, 5) is 27.8. The van der Waals surface area contributed by atoms with Gasteiger partial charge in [-0.25, -0.2) is 0 Å². The molecule has 0 spiro atoms. The van der Waals surface area contributed by atoms with Crippen LogP contribution in [0.1, 0.15) is 47.3 Å². The van der Waals surface area contributed by atoms with Crippen LogP contribution < -0.4 is 5.32 Å². The minimum Gasteiger partial charge on any atom is -0.351 e. The van der Waals surface area contributed by atoms with Crippen molar-refractivity contribution in [2.75, 3.05) is 0 Å². The summed E-state index contributed by atoms with van der Waals surface area (Å²) in [5.41, 5.74) is 4.37. The number of carbonyl (C=O) groups is 2. The summed E-state index contributed by atoms with van der Waals surface area (Å²) in [6.45, 7) is 4.71. The normalized spacial score (nSPS) is 17.1. The molecule has 0 aromatic heterocycles. The first-order valence-corrected chi connectivity index (χ1v) is 9.79. The number of benzene rings is 2. The van der Waals surface area contributed by atoms with E-state index >= 15 is 0 Å². The van der Waals surface area contributed by atoms with Crippen molar-refractivity contribution in [3.63, 3.8) is 0 Å². The largest absolute Gasteiger partial charge is 0.351 e. The van der Waals surface area contributed by atoms with E-state index in [4.69, 9.17) is 0 Å². The van der Waals surface area contributed by atoms with Crippen LogP contribution in [0.4, 0.5) is 0 Å². The number of hydrogen-bond acceptors (Lipinski definition) is 2. The molecular weight excluding hydrogens is 336 g/mol. The Morgan fingerprint density at radius 1 is 1.04 bits per heavy atom. The Morgan fingerprint density at radius 3 is 2.22 bits per heavy atom. The topological polar surface area (TPSA) is 49.4 Å². The number of carbonyl (C=O) groups excluding carboxylic acids is 2. The fourth-order valence-corrected chi connectivity index (χ4v) is 4.31. The molecule has 1 N–H and O–H groups in total. The van der Waals surface area contributed by atoms with E-state index in [0.717, 1.165) is 24.0 Å². The lowest BCUT2D eigenvalue weighted by Gasteiger charge is -2.29. The SMILES string of the molecule is CC(C)CC(C(=O)NC1Cc2ccccc2C1)N1Cc2ccccc2C1=O. The molecule has 4 nitrogen and oxygen atoms in total. The lowest BCUT2D eigenvalue weighted by Crippen LogP contribution is -2.50. The van der Waals surface area contributed by atoms with Gasteiger partial charge in [-0.2, -0.15) is 0 Å². The van der Waals surface area contributed by atoms with Crippen LogP contribution >= 0.6 is 0 Å². The first-order chi connectivity index (χ1) is 13.0. The molecule has 2 aliphatic rings. The van der Waals surface area contributed by atoms with Crippen LogP contribution in [0.5, 0.6) is 0 Å². The Balaban J connectivity index is 1.50. The van der Waals surface area contributed by atoms with Crippen molar-refractivity contribution in [2.45, 2.75) is 51.7 Å². The molecule has 0 bridgehead atoms. The highest BCUT2D eigenvalue weighted by molar-refractivity contribution is 6.01. The Labute approximate surface area is 160 Å². The van der Waals surface area contributed by atoms with Gasteiger partial charge in [0.15, 0.2) is 0 Å². The second-order valence-corrected chi connectivity index (χ2v) is 8.12. The summed E-state index contributed by atoms with van der Waals surface area (Å²) >= 11 is 0. The zero-order valence-electron chi connectivity index (χ0n) is 15.9. The Hall–Kier alpha value is -2.62. The summed E-state index contributed by atoms with van der Waals surface area (Å²) < 4.78 is 0. The van der Waals surface area contributed by atoms with Crippen LogP contribution in [-0.2, 0) is 24.2 Å². The Morgan fingerprint density at radius 2 is 1.63 bits per heavy atom. The predicted octanol–water partition coefficient (Wildman–Crippen LogP) is 3.34. The average Bonchev–Trinajstić information content (AvgIpc) is 3.20. The predicted molar refractivity (Wildman–Crippen MR) is 105 cm³/mol. The standard InChI is InChI=1S/C23H26N2O2/c1-15(2)11-21(25-14-18-9-5-6-10-20(18)23(25)27)22(26)24-19-12-16-7-3-4-8-17(16)13-19/h3-10,15,19,21H,11-14H2,1-2H3,(H,24,26). The lowest BCUT2D eigenvalue weighted by atomic mass is 10.0. The third-order valence-electron chi connectivity index (χ3n) is 5.62. The third kappa shape index (κ3) is 3.48. The van der Waals surface area contributed by atoms with Crippen LogP contribution in [0.25, 0.3) is 0 Å². The Bertz CT molecular complexity index is 849. The number of hydrogen-bond donors (Lipinski definition) is 1. The zero-order valence-corrected chi connectivity index (χ0v) is 15.9. The van der Waals surface area contributed by atoms with E-state index in [9.17, 15) is 9.59 Å². The number of nitrogens with one attached hydrogen (secondary N) is 1. The molecule has 140 valence electrons. The molecular formula is C23H26N2O2. The van der Waals surface area contributed by atoms with Crippen molar-refractivity contribution in [3.8, 4) is 0 Å². The van der Waals surface area contributed by atoms with E-state index in [2.05, 4.69) is 31.3 Å². The van der Waals surface area contributed by atoms with E-state index in [0.29, 0.717) is 18.9 Å². The van der Waals surface area contributed by atoms with Gasteiger partial charge in [0, 0.05) is 18.2 Å². The van der Waals surface area contributed by atoms with Crippen molar-refractivity contribution >= 4 is 11.8 Å². The molecule has 4 rings (SSSR count). The fourth-order valence-electron chi connectivity index (χ4n) is 4.31. The average molecular weight is 362 g/mol. The minimum absolute atomic E-state index is 0.0253. The lowest BCUT2D eigenvalue weighted by molar-refractivity contribution is -0.127. The summed E-state index contributed by atoms with van der Waals surface area (Å²) in [5, 5.41) is 3.22. The molecule has 27 heavy (non-hydrogen) atoms. The van der Waals surface area contributed by atoms with Gasteiger partial charge >= 0.3 is 0 Å². The quantitative estimate of drug-likeness (QED) is 0.887. The number of nitrogens with zero attached hydrogens (tertiary/aromatic N) is 1. The highest BCUT2D eigenvalue weighted by Crippen LogP contribution is 2.28. The molecule has 0 saturated heterocycles. The number of rotatable bonds is 5. The maximum absolute atomic E-state index is 13.2. The van der Waals surface area contributed by atoms with E-state index < -0.39 is 6.04 Å². The maximum Gasteiger partial charge on any atom is 0.255 e. The van der Waals surface area contributed by atoms with Crippen LogP contribution in [0.3, 0.4) is 0 Å².